The van der Waals surface area contributed by atoms with E-state index in [-0.39, 0.29) is 12.3 Å². The number of carbonyl (C=O) groups is 2. The first-order valence-electron chi connectivity index (χ1n) is 5.18. The molecule has 0 spiro atoms. The Morgan fingerprint density at radius 2 is 2.35 bits per heavy atom. The summed E-state index contributed by atoms with van der Waals surface area (Å²) in [4.78, 5) is 26.2. The number of nitrogens with two attached hydrogens (primary N) is 1. The first-order valence-corrected chi connectivity index (χ1v) is 6.06. The fourth-order valence-electron chi connectivity index (χ4n) is 1.19. The van der Waals surface area contributed by atoms with Crippen molar-refractivity contribution < 1.29 is 14.7 Å². The largest absolute Gasteiger partial charge is 0.480 e. The van der Waals surface area contributed by atoms with Gasteiger partial charge in [0.15, 0.2) is 0 Å². The zero-order valence-corrected chi connectivity index (χ0v) is 10.3. The van der Waals surface area contributed by atoms with E-state index in [0.29, 0.717) is 18.7 Å². The smallest absolute Gasteiger partial charge is 0.325 e. The molecule has 1 atom stereocenters. The quantitative estimate of drug-likeness (QED) is 0.653. The van der Waals surface area contributed by atoms with E-state index in [9.17, 15) is 9.59 Å². The van der Waals surface area contributed by atoms with Crippen molar-refractivity contribution in [1.29, 1.82) is 0 Å². The summed E-state index contributed by atoms with van der Waals surface area (Å²) in [6.07, 6.45) is 0.788. The molecule has 0 saturated heterocycles. The van der Waals surface area contributed by atoms with Crippen molar-refractivity contribution in [3.05, 3.63) is 16.1 Å². The summed E-state index contributed by atoms with van der Waals surface area (Å²) in [6.45, 7) is 1.94. The molecule has 0 aliphatic rings. The van der Waals surface area contributed by atoms with E-state index in [1.807, 2.05) is 0 Å². The van der Waals surface area contributed by atoms with Crippen LogP contribution in [0.2, 0.25) is 0 Å². The average Bonchev–Trinajstić information content (AvgIpc) is 2.65. The lowest BCUT2D eigenvalue weighted by Crippen LogP contribution is -2.39. The summed E-state index contributed by atoms with van der Waals surface area (Å²) >= 11 is 1.45. The van der Waals surface area contributed by atoms with Gasteiger partial charge in [-0.25, -0.2) is 4.98 Å². The van der Waals surface area contributed by atoms with Gasteiger partial charge in [-0.15, -0.1) is 11.3 Å². The third-order valence-corrected chi connectivity index (χ3v) is 3.00. The van der Waals surface area contributed by atoms with Crippen molar-refractivity contribution in [3.8, 4) is 0 Å². The van der Waals surface area contributed by atoms with Gasteiger partial charge in [0.2, 0.25) is 5.91 Å². The topological polar surface area (TPSA) is 105 Å². The summed E-state index contributed by atoms with van der Waals surface area (Å²) in [7, 11) is 0. The van der Waals surface area contributed by atoms with Crippen LogP contribution >= 0.6 is 11.3 Å². The number of rotatable bonds is 6. The predicted molar refractivity (Wildman–Crippen MR) is 63.8 cm³/mol. The molecular weight excluding hydrogens is 242 g/mol. The van der Waals surface area contributed by atoms with Gasteiger partial charge in [-0.2, -0.15) is 0 Å². The number of carboxylic acids is 1. The second kappa shape index (κ2) is 6.31. The summed E-state index contributed by atoms with van der Waals surface area (Å²) in [6, 6.07) is -0.885. The molecule has 0 bridgehead atoms. The molecule has 1 heterocycles. The monoisotopic (exact) mass is 257 g/mol. The average molecular weight is 257 g/mol. The van der Waals surface area contributed by atoms with Crippen LogP contribution in [0.5, 0.6) is 0 Å². The second-order valence-electron chi connectivity index (χ2n) is 3.58. The van der Waals surface area contributed by atoms with Crippen LogP contribution in [0.4, 0.5) is 0 Å². The van der Waals surface area contributed by atoms with E-state index < -0.39 is 12.0 Å². The van der Waals surface area contributed by atoms with Crippen molar-refractivity contribution in [2.24, 2.45) is 5.73 Å². The molecule has 1 unspecified atom stereocenters. The van der Waals surface area contributed by atoms with Crippen molar-refractivity contribution in [1.82, 2.24) is 10.3 Å². The van der Waals surface area contributed by atoms with Crippen LogP contribution in [0, 0.1) is 0 Å². The first-order chi connectivity index (χ1) is 8.02. The third kappa shape index (κ3) is 4.49. The molecule has 1 amide bonds. The maximum Gasteiger partial charge on any atom is 0.325 e. The fourth-order valence-corrected chi connectivity index (χ4v) is 2.00. The lowest BCUT2D eigenvalue weighted by Gasteiger charge is -2.07. The lowest BCUT2D eigenvalue weighted by molar-refractivity contribution is -0.141. The molecule has 17 heavy (non-hydrogen) atoms. The van der Waals surface area contributed by atoms with E-state index in [4.69, 9.17) is 10.8 Å². The van der Waals surface area contributed by atoms with Crippen LogP contribution in [0.15, 0.2) is 5.38 Å². The zero-order valence-electron chi connectivity index (χ0n) is 9.47. The Labute approximate surface area is 103 Å². The Bertz CT molecular complexity index is 405. The van der Waals surface area contributed by atoms with Gasteiger partial charge in [0.05, 0.1) is 17.1 Å². The maximum absolute atomic E-state index is 11.5. The normalized spacial score (nSPS) is 12.1. The highest BCUT2D eigenvalue weighted by atomic mass is 32.1. The number of carbonyl (C=O) groups excluding carboxylic acids is 1. The second-order valence-corrected chi connectivity index (χ2v) is 4.52. The molecule has 1 rings (SSSR count). The third-order valence-electron chi connectivity index (χ3n) is 2.05. The molecule has 6 nitrogen and oxygen atoms in total. The lowest BCUT2D eigenvalue weighted by atomic mass is 10.3. The van der Waals surface area contributed by atoms with Gasteiger partial charge in [0, 0.05) is 11.8 Å². The van der Waals surface area contributed by atoms with E-state index in [2.05, 4.69) is 10.3 Å². The van der Waals surface area contributed by atoms with Crippen molar-refractivity contribution >= 4 is 23.2 Å². The van der Waals surface area contributed by atoms with E-state index in [1.54, 1.807) is 5.38 Å². The molecule has 0 aromatic carbocycles. The van der Waals surface area contributed by atoms with Gasteiger partial charge in [0.25, 0.3) is 0 Å². The number of nitrogens with one attached hydrogen (secondary N) is 1. The molecule has 0 saturated carbocycles. The Morgan fingerprint density at radius 3 is 2.94 bits per heavy atom. The predicted octanol–water partition coefficient (Wildman–Crippen LogP) is -0.224. The summed E-state index contributed by atoms with van der Waals surface area (Å²) in [5.41, 5.74) is 6.04. The van der Waals surface area contributed by atoms with Gasteiger partial charge < -0.3 is 16.2 Å². The fraction of sp³-hybridized carbons (Fsp3) is 0.500. The Kier molecular flexibility index (Phi) is 5.05. The minimum atomic E-state index is -1.06. The van der Waals surface area contributed by atoms with E-state index in [0.717, 1.165) is 5.01 Å². The molecule has 4 N–H and O–H groups in total. The van der Waals surface area contributed by atoms with Crippen LogP contribution in [-0.4, -0.2) is 34.6 Å². The maximum atomic E-state index is 11.5. The van der Waals surface area contributed by atoms with Crippen LogP contribution in [-0.2, 0) is 22.4 Å². The SMILES string of the molecule is CC(NC(=O)Cc1csc(CCN)n1)C(=O)O. The number of aromatic nitrogens is 1. The number of amides is 1. The number of nitrogens with zero attached hydrogens (tertiary/aromatic N) is 1. The molecule has 0 aliphatic heterocycles. The Morgan fingerprint density at radius 1 is 1.65 bits per heavy atom. The molecule has 1 aromatic heterocycles. The van der Waals surface area contributed by atoms with E-state index >= 15 is 0 Å². The summed E-state index contributed by atoms with van der Waals surface area (Å²) in [5, 5.41) is 13.7. The molecule has 0 aliphatic carbocycles. The molecule has 7 heteroatoms. The highest BCUT2D eigenvalue weighted by Crippen LogP contribution is 2.10. The highest BCUT2D eigenvalue weighted by Gasteiger charge is 2.15. The standard InChI is InChI=1S/C10H15N3O3S/c1-6(10(15)16)12-8(14)4-7-5-17-9(13-7)2-3-11/h5-6H,2-4,11H2,1H3,(H,12,14)(H,15,16). The van der Waals surface area contributed by atoms with Crippen LogP contribution in [0.3, 0.4) is 0 Å². The van der Waals surface area contributed by atoms with Crippen LogP contribution in [0.25, 0.3) is 0 Å². The van der Waals surface area contributed by atoms with Gasteiger partial charge in [0.1, 0.15) is 6.04 Å². The van der Waals surface area contributed by atoms with Gasteiger partial charge in [-0.05, 0) is 13.5 Å². The number of aliphatic carboxylic acids is 1. The van der Waals surface area contributed by atoms with Gasteiger partial charge in [-0.3, -0.25) is 9.59 Å². The van der Waals surface area contributed by atoms with Crippen LogP contribution < -0.4 is 11.1 Å². The number of hydrogen-bond donors (Lipinski definition) is 3. The highest BCUT2D eigenvalue weighted by molar-refractivity contribution is 7.09. The summed E-state index contributed by atoms with van der Waals surface area (Å²) < 4.78 is 0. The van der Waals surface area contributed by atoms with Crippen molar-refractivity contribution in [2.75, 3.05) is 6.54 Å². The molecule has 1 aromatic rings. The molecule has 94 valence electrons. The first kappa shape index (κ1) is 13.6. The molecule has 0 radical (unpaired) electrons. The number of thiazole rings is 1. The van der Waals surface area contributed by atoms with E-state index in [1.165, 1.54) is 18.3 Å². The Balaban J connectivity index is 2.47. The van der Waals surface area contributed by atoms with Crippen molar-refractivity contribution in [3.63, 3.8) is 0 Å². The number of hydrogen-bond acceptors (Lipinski definition) is 5. The summed E-state index contributed by atoms with van der Waals surface area (Å²) in [5.74, 6) is -1.40. The van der Waals surface area contributed by atoms with Crippen molar-refractivity contribution in [2.45, 2.75) is 25.8 Å². The van der Waals surface area contributed by atoms with Crippen LogP contribution in [0.1, 0.15) is 17.6 Å². The minimum Gasteiger partial charge on any atom is -0.480 e. The number of carboxylic acid groups (broad SMARTS) is 1. The molecule has 0 fully saturated rings. The molecular formula is C10H15N3O3S. The Hall–Kier alpha value is -1.47. The van der Waals surface area contributed by atoms with Gasteiger partial charge >= 0.3 is 5.97 Å². The zero-order chi connectivity index (χ0) is 12.8. The van der Waals surface area contributed by atoms with Gasteiger partial charge in [-0.1, -0.05) is 0 Å². The minimum absolute atomic E-state index is 0.0959.